The van der Waals surface area contributed by atoms with Crippen molar-refractivity contribution in [1.82, 2.24) is 15.6 Å². The Morgan fingerprint density at radius 2 is 2.00 bits per heavy atom. The highest BCUT2D eigenvalue weighted by molar-refractivity contribution is 6.03. The molecule has 0 fully saturated rings. The number of benzene rings is 1. The third-order valence-corrected chi connectivity index (χ3v) is 5.25. The Hall–Kier alpha value is -3.62. The molecule has 0 aliphatic carbocycles. The van der Waals surface area contributed by atoms with Crippen LogP contribution in [0.1, 0.15) is 16.8 Å². The molecule has 0 spiro atoms. The third-order valence-electron chi connectivity index (χ3n) is 5.25. The molecule has 8 nitrogen and oxygen atoms in total. The SMILES string of the molecule is CNC(=O)C1=C(O)c2ncc(Cc3ccc(F)cc3)c3c2N(C1)CC(C(=O)NC)O3. The van der Waals surface area contributed by atoms with Gasteiger partial charge in [-0.15, -0.1) is 0 Å². The van der Waals surface area contributed by atoms with Gasteiger partial charge >= 0.3 is 0 Å². The van der Waals surface area contributed by atoms with Gasteiger partial charge in [0, 0.05) is 32.3 Å². The van der Waals surface area contributed by atoms with Crippen LogP contribution in [0.25, 0.3) is 5.76 Å². The first-order valence-electron chi connectivity index (χ1n) is 9.47. The van der Waals surface area contributed by atoms with Gasteiger partial charge in [0.2, 0.25) is 0 Å². The number of likely N-dealkylation sites (N-methyl/N-ethyl adjacent to an activating group) is 2. The molecule has 3 heterocycles. The molecule has 4 rings (SSSR count). The van der Waals surface area contributed by atoms with Crippen molar-refractivity contribution in [3.8, 4) is 5.75 Å². The quantitative estimate of drug-likeness (QED) is 0.696. The molecule has 2 aliphatic heterocycles. The van der Waals surface area contributed by atoms with Crippen LogP contribution in [0.15, 0.2) is 36.0 Å². The Morgan fingerprint density at radius 1 is 1.27 bits per heavy atom. The first-order chi connectivity index (χ1) is 14.4. The van der Waals surface area contributed by atoms with E-state index in [9.17, 15) is 19.1 Å². The van der Waals surface area contributed by atoms with Gasteiger partial charge in [0.05, 0.1) is 18.7 Å². The molecule has 0 saturated heterocycles. The topological polar surface area (TPSA) is 104 Å². The van der Waals surface area contributed by atoms with E-state index in [1.165, 1.54) is 26.2 Å². The van der Waals surface area contributed by atoms with E-state index in [2.05, 4.69) is 15.6 Å². The fourth-order valence-electron chi connectivity index (χ4n) is 3.72. The summed E-state index contributed by atoms with van der Waals surface area (Å²) < 4.78 is 19.3. The first-order valence-corrected chi connectivity index (χ1v) is 9.47. The second-order valence-electron chi connectivity index (χ2n) is 7.12. The number of nitrogens with one attached hydrogen (secondary N) is 2. The second-order valence-corrected chi connectivity index (χ2v) is 7.12. The smallest absolute Gasteiger partial charge is 0.262 e. The summed E-state index contributed by atoms with van der Waals surface area (Å²) in [5.41, 5.74) is 2.48. The van der Waals surface area contributed by atoms with E-state index >= 15 is 0 Å². The number of aliphatic hydroxyl groups is 1. The summed E-state index contributed by atoms with van der Waals surface area (Å²) in [7, 11) is 3.01. The summed E-state index contributed by atoms with van der Waals surface area (Å²) in [6.07, 6.45) is 1.15. The molecule has 2 amide bonds. The molecule has 1 unspecified atom stereocenters. The van der Waals surface area contributed by atoms with Gasteiger partial charge in [-0.1, -0.05) is 12.1 Å². The Balaban J connectivity index is 1.82. The molecule has 3 N–H and O–H groups in total. The van der Waals surface area contributed by atoms with Crippen molar-refractivity contribution in [2.24, 2.45) is 0 Å². The maximum Gasteiger partial charge on any atom is 0.262 e. The molecular weight excluding hydrogens is 391 g/mol. The number of halogens is 1. The van der Waals surface area contributed by atoms with Crippen LogP contribution in [-0.2, 0) is 16.0 Å². The average molecular weight is 412 g/mol. The van der Waals surface area contributed by atoms with Gasteiger partial charge in [0.1, 0.15) is 17.2 Å². The van der Waals surface area contributed by atoms with Gasteiger partial charge in [-0.2, -0.15) is 0 Å². The van der Waals surface area contributed by atoms with E-state index in [0.29, 0.717) is 23.4 Å². The minimum atomic E-state index is -0.795. The highest BCUT2D eigenvalue weighted by atomic mass is 19.1. The molecule has 30 heavy (non-hydrogen) atoms. The molecule has 1 aromatic carbocycles. The Morgan fingerprint density at radius 3 is 2.67 bits per heavy atom. The van der Waals surface area contributed by atoms with E-state index in [1.807, 2.05) is 4.90 Å². The van der Waals surface area contributed by atoms with Crippen LogP contribution in [0.5, 0.6) is 5.75 Å². The number of hydrogen-bond donors (Lipinski definition) is 3. The highest BCUT2D eigenvalue weighted by Crippen LogP contribution is 2.44. The highest BCUT2D eigenvalue weighted by Gasteiger charge is 2.39. The van der Waals surface area contributed by atoms with Gasteiger partial charge in [-0.05, 0) is 17.7 Å². The van der Waals surface area contributed by atoms with Gasteiger partial charge < -0.3 is 25.4 Å². The summed E-state index contributed by atoms with van der Waals surface area (Å²) in [5, 5.41) is 15.8. The molecule has 156 valence electrons. The minimum absolute atomic E-state index is 0.115. The lowest BCUT2D eigenvalue weighted by atomic mass is 9.97. The van der Waals surface area contributed by atoms with Gasteiger partial charge in [0.15, 0.2) is 17.6 Å². The fourth-order valence-corrected chi connectivity index (χ4v) is 3.72. The van der Waals surface area contributed by atoms with E-state index in [0.717, 1.165) is 5.56 Å². The van der Waals surface area contributed by atoms with Crippen LogP contribution in [0.2, 0.25) is 0 Å². The number of carbonyl (C=O) groups excluding carboxylic acids is 2. The zero-order chi connectivity index (χ0) is 21.4. The molecule has 2 aliphatic rings. The number of ether oxygens (including phenoxy) is 1. The number of aromatic nitrogens is 1. The van der Waals surface area contributed by atoms with E-state index in [-0.39, 0.29) is 41.8 Å². The Bertz CT molecular complexity index is 1050. The monoisotopic (exact) mass is 412 g/mol. The Kier molecular flexibility index (Phi) is 5.03. The van der Waals surface area contributed by atoms with Crippen LogP contribution in [-0.4, -0.2) is 55.2 Å². The molecule has 0 radical (unpaired) electrons. The fraction of sp³-hybridized carbons (Fsp3) is 0.286. The van der Waals surface area contributed by atoms with Crippen molar-refractivity contribution in [2.75, 3.05) is 32.1 Å². The number of carbonyl (C=O) groups is 2. The lowest BCUT2D eigenvalue weighted by Crippen LogP contribution is -2.51. The van der Waals surface area contributed by atoms with Crippen LogP contribution in [0.3, 0.4) is 0 Å². The molecule has 1 atom stereocenters. The van der Waals surface area contributed by atoms with Crippen molar-refractivity contribution >= 4 is 23.3 Å². The summed E-state index contributed by atoms with van der Waals surface area (Å²) in [6, 6.07) is 6.08. The second kappa shape index (κ2) is 7.66. The summed E-state index contributed by atoms with van der Waals surface area (Å²) in [4.78, 5) is 30.8. The van der Waals surface area contributed by atoms with Crippen LogP contribution < -0.4 is 20.3 Å². The van der Waals surface area contributed by atoms with Crippen molar-refractivity contribution in [2.45, 2.75) is 12.5 Å². The van der Waals surface area contributed by atoms with Gasteiger partial charge in [-0.3, -0.25) is 14.6 Å². The van der Waals surface area contributed by atoms with Crippen molar-refractivity contribution in [3.05, 3.63) is 58.7 Å². The van der Waals surface area contributed by atoms with Crippen LogP contribution in [0, 0.1) is 5.82 Å². The normalized spacial score (nSPS) is 17.2. The summed E-state index contributed by atoms with van der Waals surface area (Å²) in [6.45, 7) is 0.319. The minimum Gasteiger partial charge on any atom is -0.505 e. The van der Waals surface area contributed by atoms with E-state index in [1.54, 1.807) is 18.3 Å². The predicted molar refractivity (Wildman–Crippen MR) is 108 cm³/mol. The van der Waals surface area contributed by atoms with E-state index < -0.39 is 12.0 Å². The summed E-state index contributed by atoms with van der Waals surface area (Å²) >= 11 is 0. The first kappa shape index (κ1) is 19.7. The lowest BCUT2D eigenvalue weighted by molar-refractivity contribution is -0.127. The number of pyridine rings is 1. The molecule has 1 aromatic heterocycles. The maximum atomic E-state index is 13.3. The van der Waals surface area contributed by atoms with Crippen LogP contribution in [0.4, 0.5) is 10.1 Å². The van der Waals surface area contributed by atoms with Crippen molar-refractivity contribution in [1.29, 1.82) is 0 Å². The largest absolute Gasteiger partial charge is 0.505 e. The lowest BCUT2D eigenvalue weighted by Gasteiger charge is -2.39. The average Bonchev–Trinajstić information content (AvgIpc) is 2.77. The number of anilines is 1. The van der Waals surface area contributed by atoms with Gasteiger partial charge in [-0.25, -0.2) is 4.39 Å². The number of amides is 2. The van der Waals surface area contributed by atoms with E-state index in [4.69, 9.17) is 4.74 Å². The van der Waals surface area contributed by atoms with Crippen LogP contribution >= 0.6 is 0 Å². The Labute approximate surface area is 172 Å². The van der Waals surface area contributed by atoms with Gasteiger partial charge in [0.25, 0.3) is 11.8 Å². The number of hydrogen-bond acceptors (Lipinski definition) is 6. The third kappa shape index (κ3) is 3.32. The van der Waals surface area contributed by atoms with Crippen molar-refractivity contribution in [3.63, 3.8) is 0 Å². The molecule has 0 bridgehead atoms. The zero-order valence-corrected chi connectivity index (χ0v) is 16.5. The number of nitrogens with zero attached hydrogens (tertiary/aromatic N) is 2. The molecule has 9 heteroatoms. The molecule has 0 saturated carbocycles. The number of rotatable bonds is 4. The summed E-state index contributed by atoms with van der Waals surface area (Å²) in [5.74, 6) is -0.835. The standard InChI is InChI=1S/C21H21FN4O4/c1-23-20(28)14-9-26-10-15(21(29)24-2)30-19-12(7-11-3-5-13(22)6-4-11)8-25-16(17(19)26)18(14)27/h3-6,8,15,27H,7,9-10H2,1-2H3,(H,23,28)(H,24,29). The molecular formula is C21H21FN4O4. The number of aliphatic hydroxyl groups excluding tert-OH is 1. The maximum absolute atomic E-state index is 13.3. The predicted octanol–water partition coefficient (Wildman–Crippen LogP) is 1.15. The van der Waals surface area contributed by atoms with Crippen molar-refractivity contribution < 1.29 is 23.8 Å². The zero-order valence-electron chi connectivity index (χ0n) is 16.5. The molecule has 2 aromatic rings.